The number of aryl methyl sites for hydroxylation is 1. The fourth-order valence-corrected chi connectivity index (χ4v) is 3.19. The molecule has 0 aromatic heterocycles. The number of halogens is 3. The number of ether oxygens (including phenoxy) is 2. The van der Waals surface area contributed by atoms with Crippen molar-refractivity contribution < 1.29 is 22.6 Å². The minimum Gasteiger partial charge on any atom is -0.491 e. The Bertz CT molecular complexity index is 941. The molecular formula is C25H26F3NO2. The second-order valence-electron chi connectivity index (χ2n) is 7.15. The lowest BCUT2D eigenvalue weighted by Gasteiger charge is -2.15. The molecule has 3 aromatic carbocycles. The summed E-state index contributed by atoms with van der Waals surface area (Å²) in [5.41, 5.74) is 3.84. The molecule has 0 bridgehead atoms. The molecule has 1 N–H and O–H groups in total. The van der Waals surface area contributed by atoms with Crippen LogP contribution < -0.4 is 14.8 Å². The molecule has 0 atom stereocenters. The van der Waals surface area contributed by atoms with Crippen LogP contribution in [-0.2, 0) is 6.42 Å². The summed E-state index contributed by atoms with van der Waals surface area (Å²) in [5.74, 6) is 0.528. The zero-order valence-electron chi connectivity index (χ0n) is 17.4. The number of hydrogen-bond acceptors (Lipinski definition) is 3. The third-order valence-corrected chi connectivity index (χ3v) is 4.66. The van der Waals surface area contributed by atoms with Crippen molar-refractivity contribution in [1.29, 1.82) is 0 Å². The topological polar surface area (TPSA) is 30.5 Å². The first kappa shape index (κ1) is 22.5. The molecule has 0 aliphatic carbocycles. The maximum atomic E-state index is 12.4. The molecule has 0 spiro atoms. The van der Waals surface area contributed by atoms with Gasteiger partial charge in [-0.3, -0.25) is 0 Å². The second-order valence-corrected chi connectivity index (χ2v) is 7.15. The van der Waals surface area contributed by atoms with Crippen molar-refractivity contribution in [3.05, 3.63) is 78.4 Å². The summed E-state index contributed by atoms with van der Waals surface area (Å²) in [7, 11) is 0. The van der Waals surface area contributed by atoms with Crippen molar-refractivity contribution in [2.45, 2.75) is 32.5 Å². The summed E-state index contributed by atoms with van der Waals surface area (Å²) in [6.45, 7) is 3.44. The van der Waals surface area contributed by atoms with Crippen LogP contribution in [0.5, 0.6) is 11.5 Å². The molecule has 31 heavy (non-hydrogen) atoms. The zero-order valence-corrected chi connectivity index (χ0v) is 17.4. The third kappa shape index (κ3) is 7.24. The van der Waals surface area contributed by atoms with Crippen LogP contribution in [-0.4, -0.2) is 19.5 Å². The van der Waals surface area contributed by atoms with Crippen molar-refractivity contribution in [3.63, 3.8) is 0 Å². The lowest BCUT2D eigenvalue weighted by atomic mass is 10.0. The van der Waals surface area contributed by atoms with Gasteiger partial charge >= 0.3 is 6.36 Å². The van der Waals surface area contributed by atoms with E-state index in [1.165, 1.54) is 17.7 Å². The lowest BCUT2D eigenvalue weighted by Crippen LogP contribution is -2.16. The Morgan fingerprint density at radius 3 is 2.26 bits per heavy atom. The maximum absolute atomic E-state index is 12.4. The Morgan fingerprint density at radius 2 is 1.58 bits per heavy atom. The van der Waals surface area contributed by atoms with Crippen LogP contribution >= 0.6 is 0 Å². The van der Waals surface area contributed by atoms with Gasteiger partial charge in [0.2, 0.25) is 0 Å². The SMILES string of the molecule is CCCOc1ccc(-c2ccc(OC(F)(F)F)cc2)cc1NCCCc1ccccc1. The molecule has 3 nitrogen and oxygen atoms in total. The summed E-state index contributed by atoms with van der Waals surface area (Å²) in [6.07, 6.45) is -1.86. The van der Waals surface area contributed by atoms with Crippen LogP contribution in [0, 0.1) is 0 Å². The fourth-order valence-electron chi connectivity index (χ4n) is 3.19. The summed E-state index contributed by atoms with van der Waals surface area (Å²) in [5, 5.41) is 3.45. The molecule has 3 aromatic rings. The molecule has 0 amide bonds. The van der Waals surface area contributed by atoms with Crippen molar-refractivity contribution in [1.82, 2.24) is 0 Å². The van der Waals surface area contributed by atoms with Crippen LogP contribution in [0.3, 0.4) is 0 Å². The lowest BCUT2D eigenvalue weighted by molar-refractivity contribution is -0.274. The Balaban J connectivity index is 1.70. The highest BCUT2D eigenvalue weighted by Crippen LogP contribution is 2.32. The van der Waals surface area contributed by atoms with Crippen molar-refractivity contribution in [2.75, 3.05) is 18.5 Å². The number of hydrogen-bond donors (Lipinski definition) is 1. The molecule has 3 rings (SSSR count). The third-order valence-electron chi connectivity index (χ3n) is 4.66. The zero-order chi connectivity index (χ0) is 22.1. The number of alkyl halides is 3. The number of nitrogens with one attached hydrogen (secondary N) is 1. The van der Waals surface area contributed by atoms with Gasteiger partial charge in [0, 0.05) is 6.54 Å². The highest BCUT2D eigenvalue weighted by Gasteiger charge is 2.30. The highest BCUT2D eigenvalue weighted by atomic mass is 19.4. The van der Waals surface area contributed by atoms with Crippen LogP contribution in [0.1, 0.15) is 25.3 Å². The van der Waals surface area contributed by atoms with Gasteiger partial charge in [-0.1, -0.05) is 55.5 Å². The van der Waals surface area contributed by atoms with E-state index in [1.807, 2.05) is 43.3 Å². The Kier molecular flexibility index (Phi) is 7.82. The van der Waals surface area contributed by atoms with Gasteiger partial charge in [-0.2, -0.15) is 0 Å². The molecule has 0 fully saturated rings. The van der Waals surface area contributed by atoms with E-state index in [0.29, 0.717) is 6.61 Å². The molecule has 0 saturated carbocycles. The van der Waals surface area contributed by atoms with E-state index in [9.17, 15) is 13.2 Å². The molecule has 0 aliphatic rings. The van der Waals surface area contributed by atoms with Gasteiger partial charge in [-0.15, -0.1) is 13.2 Å². The summed E-state index contributed by atoms with van der Waals surface area (Å²) < 4.78 is 46.9. The van der Waals surface area contributed by atoms with E-state index >= 15 is 0 Å². The molecule has 6 heteroatoms. The molecule has 0 aliphatic heterocycles. The summed E-state index contributed by atoms with van der Waals surface area (Å²) in [6, 6.07) is 21.9. The predicted octanol–water partition coefficient (Wildman–Crippen LogP) is 7.09. The Morgan fingerprint density at radius 1 is 0.871 bits per heavy atom. The summed E-state index contributed by atoms with van der Waals surface area (Å²) in [4.78, 5) is 0. The largest absolute Gasteiger partial charge is 0.573 e. The van der Waals surface area contributed by atoms with Gasteiger partial charge in [0.1, 0.15) is 11.5 Å². The van der Waals surface area contributed by atoms with Crippen molar-refractivity contribution in [2.24, 2.45) is 0 Å². The maximum Gasteiger partial charge on any atom is 0.573 e. The van der Waals surface area contributed by atoms with Gasteiger partial charge < -0.3 is 14.8 Å². The van der Waals surface area contributed by atoms with Crippen molar-refractivity contribution >= 4 is 5.69 Å². The van der Waals surface area contributed by atoms with Crippen LogP contribution in [0.4, 0.5) is 18.9 Å². The number of anilines is 1. The average molecular weight is 429 g/mol. The normalized spacial score (nSPS) is 11.2. The van der Waals surface area contributed by atoms with E-state index in [4.69, 9.17) is 4.74 Å². The second kappa shape index (κ2) is 10.8. The smallest absolute Gasteiger partial charge is 0.491 e. The van der Waals surface area contributed by atoms with Crippen LogP contribution in [0.2, 0.25) is 0 Å². The van der Waals surface area contributed by atoms with E-state index in [2.05, 4.69) is 22.2 Å². The first-order valence-corrected chi connectivity index (χ1v) is 10.4. The first-order chi connectivity index (χ1) is 14.9. The number of benzene rings is 3. The monoisotopic (exact) mass is 429 g/mol. The van der Waals surface area contributed by atoms with E-state index in [1.54, 1.807) is 12.1 Å². The van der Waals surface area contributed by atoms with Crippen LogP contribution in [0.25, 0.3) is 11.1 Å². The van der Waals surface area contributed by atoms with Gasteiger partial charge in [0.25, 0.3) is 0 Å². The highest BCUT2D eigenvalue weighted by molar-refractivity contribution is 5.72. The summed E-state index contributed by atoms with van der Waals surface area (Å²) >= 11 is 0. The first-order valence-electron chi connectivity index (χ1n) is 10.4. The average Bonchev–Trinajstić information content (AvgIpc) is 2.76. The van der Waals surface area contributed by atoms with Crippen molar-refractivity contribution in [3.8, 4) is 22.6 Å². The number of rotatable bonds is 10. The quantitative estimate of drug-likeness (QED) is 0.349. The molecule has 0 radical (unpaired) electrons. The van der Waals surface area contributed by atoms with E-state index in [0.717, 1.165) is 48.4 Å². The van der Waals surface area contributed by atoms with Gasteiger partial charge in [-0.25, -0.2) is 0 Å². The van der Waals surface area contributed by atoms with E-state index < -0.39 is 6.36 Å². The van der Waals surface area contributed by atoms with Crippen LogP contribution in [0.15, 0.2) is 72.8 Å². The predicted molar refractivity (Wildman–Crippen MR) is 118 cm³/mol. The standard InChI is InChI=1S/C25H26F3NO2/c1-2-17-30-24-15-12-21(20-10-13-22(14-11-20)31-25(26,27)28)18-23(24)29-16-6-9-19-7-4-3-5-8-19/h3-5,7-8,10-15,18,29H,2,6,9,16-17H2,1H3. The molecule has 0 heterocycles. The molecule has 0 unspecified atom stereocenters. The molecular weight excluding hydrogens is 403 g/mol. The Labute approximate surface area is 180 Å². The van der Waals surface area contributed by atoms with Gasteiger partial charge in [-0.05, 0) is 60.2 Å². The van der Waals surface area contributed by atoms with Gasteiger partial charge in [0.05, 0.1) is 12.3 Å². The minimum absolute atomic E-state index is 0.238. The molecule has 164 valence electrons. The van der Waals surface area contributed by atoms with E-state index in [-0.39, 0.29) is 5.75 Å². The Hall–Kier alpha value is -3.15. The molecule has 0 saturated heterocycles. The minimum atomic E-state index is -4.70. The fraction of sp³-hybridized carbons (Fsp3) is 0.280. The van der Waals surface area contributed by atoms with Gasteiger partial charge in [0.15, 0.2) is 0 Å².